The number of hydrogen-bond donors (Lipinski definition) is 3. The average Bonchev–Trinajstić information content (AvgIpc) is 2.96. The molecular weight excluding hydrogens is 332 g/mol. The highest BCUT2D eigenvalue weighted by atomic mass is 16.5. The molecule has 4 rings (SSSR count). The molecule has 0 amide bonds. The number of nitrogens with zero attached hydrogens (tertiary/aromatic N) is 4. The normalized spacial score (nSPS) is 24.4. The highest BCUT2D eigenvalue weighted by Gasteiger charge is 2.30. The Bertz CT molecular complexity index is 885. The van der Waals surface area contributed by atoms with Crippen molar-refractivity contribution in [3.05, 3.63) is 30.1 Å². The van der Waals surface area contributed by atoms with Crippen LogP contribution in [0, 0.1) is 11.8 Å². The second-order valence-corrected chi connectivity index (χ2v) is 6.50. The van der Waals surface area contributed by atoms with Gasteiger partial charge in [0.15, 0.2) is 0 Å². The summed E-state index contributed by atoms with van der Waals surface area (Å²) in [5.74, 6) is 6.68. The summed E-state index contributed by atoms with van der Waals surface area (Å²) < 4.78 is 5.34. The lowest BCUT2D eigenvalue weighted by Crippen LogP contribution is -2.36. The molecule has 0 spiro atoms. The Kier molecular flexibility index (Phi) is 4.11. The highest BCUT2D eigenvalue weighted by molar-refractivity contribution is 5.81. The summed E-state index contributed by atoms with van der Waals surface area (Å²) in [6.07, 6.45) is 2.79. The number of hydrogen-bond acceptors (Lipinski definition) is 8. The molecule has 3 heterocycles. The zero-order valence-electron chi connectivity index (χ0n) is 14.4. The highest BCUT2D eigenvalue weighted by Crippen LogP contribution is 2.38. The number of nitrogens with two attached hydrogens (primary N) is 1. The van der Waals surface area contributed by atoms with E-state index >= 15 is 0 Å². The first kappa shape index (κ1) is 16.6. The van der Waals surface area contributed by atoms with Gasteiger partial charge >= 0.3 is 0 Å². The average molecular weight is 352 g/mol. The minimum absolute atomic E-state index is 0.0362. The smallest absolute Gasteiger partial charge is 0.236 e. The molecule has 2 aromatic rings. The van der Waals surface area contributed by atoms with Gasteiger partial charge in [-0.1, -0.05) is 11.8 Å². The second-order valence-electron chi connectivity index (χ2n) is 6.50. The van der Waals surface area contributed by atoms with Crippen LogP contribution in [0.1, 0.15) is 25.3 Å². The van der Waals surface area contributed by atoms with Crippen LogP contribution in [-0.4, -0.2) is 45.0 Å². The molecule has 134 valence electrons. The molecule has 0 bridgehead atoms. The number of aliphatic hydroxyl groups is 1. The molecule has 0 radical (unpaired) electrons. The second kappa shape index (κ2) is 6.44. The molecule has 1 aromatic carbocycles. The lowest BCUT2D eigenvalue weighted by atomic mass is 9.97. The number of anilines is 4. The van der Waals surface area contributed by atoms with E-state index in [1.54, 1.807) is 0 Å². The van der Waals surface area contributed by atoms with Crippen molar-refractivity contribution < 1.29 is 9.84 Å². The first-order valence-electron chi connectivity index (χ1n) is 8.52. The quantitative estimate of drug-likeness (QED) is 0.658. The SMILES string of the molecule is CC1Nc2ccc(C#CC3(O)CCCOC3)cc2N1c1ncnc(N)n1. The third-order valence-corrected chi connectivity index (χ3v) is 4.46. The lowest BCUT2D eigenvalue weighted by molar-refractivity contribution is -0.0480. The van der Waals surface area contributed by atoms with E-state index < -0.39 is 5.60 Å². The van der Waals surface area contributed by atoms with Crippen molar-refractivity contribution >= 4 is 23.3 Å². The van der Waals surface area contributed by atoms with Crippen molar-refractivity contribution in [1.82, 2.24) is 15.0 Å². The van der Waals surface area contributed by atoms with Crippen molar-refractivity contribution in [2.24, 2.45) is 0 Å². The number of rotatable bonds is 1. The molecule has 1 saturated heterocycles. The Hall–Kier alpha value is -2.89. The predicted molar refractivity (Wildman–Crippen MR) is 97.8 cm³/mol. The fraction of sp³-hybridized carbons (Fsp3) is 0.389. The van der Waals surface area contributed by atoms with E-state index in [4.69, 9.17) is 10.5 Å². The number of ether oxygens (including phenoxy) is 1. The van der Waals surface area contributed by atoms with Gasteiger partial charge in [-0.3, -0.25) is 4.90 Å². The number of fused-ring (bicyclic) bond motifs is 1. The van der Waals surface area contributed by atoms with Crippen LogP contribution in [0.5, 0.6) is 0 Å². The van der Waals surface area contributed by atoms with E-state index in [0.717, 1.165) is 23.4 Å². The Balaban J connectivity index is 1.66. The van der Waals surface area contributed by atoms with Gasteiger partial charge in [-0.05, 0) is 38.0 Å². The molecule has 1 aromatic heterocycles. The molecule has 2 aliphatic heterocycles. The van der Waals surface area contributed by atoms with Crippen LogP contribution in [-0.2, 0) is 4.74 Å². The Labute approximate surface area is 151 Å². The Morgan fingerprint density at radius 3 is 3.08 bits per heavy atom. The fourth-order valence-electron chi connectivity index (χ4n) is 3.19. The van der Waals surface area contributed by atoms with Gasteiger partial charge in [-0.25, -0.2) is 9.97 Å². The molecule has 26 heavy (non-hydrogen) atoms. The molecule has 2 atom stereocenters. The van der Waals surface area contributed by atoms with E-state index in [2.05, 4.69) is 32.1 Å². The fourth-order valence-corrected chi connectivity index (χ4v) is 3.19. The van der Waals surface area contributed by atoms with Crippen LogP contribution in [0.3, 0.4) is 0 Å². The number of aromatic nitrogens is 3. The van der Waals surface area contributed by atoms with E-state index in [9.17, 15) is 5.11 Å². The van der Waals surface area contributed by atoms with Gasteiger partial charge in [0, 0.05) is 12.2 Å². The van der Waals surface area contributed by atoms with Crippen LogP contribution in [0.15, 0.2) is 24.5 Å². The van der Waals surface area contributed by atoms with E-state index in [-0.39, 0.29) is 18.7 Å². The predicted octanol–water partition coefficient (Wildman–Crippen LogP) is 1.26. The van der Waals surface area contributed by atoms with Crippen LogP contribution in [0.25, 0.3) is 0 Å². The van der Waals surface area contributed by atoms with Gasteiger partial charge < -0.3 is 20.9 Å². The zero-order valence-corrected chi connectivity index (χ0v) is 14.4. The van der Waals surface area contributed by atoms with Crippen molar-refractivity contribution in [1.29, 1.82) is 0 Å². The van der Waals surface area contributed by atoms with Crippen LogP contribution >= 0.6 is 0 Å². The standard InChI is InChI=1S/C18H20N6O2/c1-12-22-14-4-3-13(5-7-18(25)6-2-8-26-10-18)9-15(14)24(12)17-21-11-20-16(19)23-17/h3-4,9,11-12,22,25H,2,6,8,10H2,1H3,(H2,19,20,21,23). The summed E-state index contributed by atoms with van der Waals surface area (Å²) in [6.45, 7) is 2.93. The van der Waals surface area contributed by atoms with Crippen LogP contribution in [0.2, 0.25) is 0 Å². The van der Waals surface area contributed by atoms with Gasteiger partial charge in [-0.2, -0.15) is 4.98 Å². The molecule has 2 aliphatic rings. The first-order valence-corrected chi connectivity index (χ1v) is 8.52. The summed E-state index contributed by atoms with van der Waals surface area (Å²) in [5, 5.41) is 13.8. The molecule has 4 N–H and O–H groups in total. The monoisotopic (exact) mass is 352 g/mol. The molecule has 0 aliphatic carbocycles. The Morgan fingerprint density at radius 1 is 1.42 bits per heavy atom. The zero-order chi connectivity index (χ0) is 18.1. The molecular formula is C18H20N6O2. The van der Waals surface area contributed by atoms with E-state index in [0.29, 0.717) is 19.0 Å². The van der Waals surface area contributed by atoms with Gasteiger partial charge in [-0.15, -0.1) is 0 Å². The van der Waals surface area contributed by atoms with Crippen molar-refractivity contribution in [2.45, 2.75) is 31.5 Å². The van der Waals surface area contributed by atoms with Gasteiger partial charge in [0.1, 0.15) is 18.1 Å². The summed E-state index contributed by atoms with van der Waals surface area (Å²) in [6, 6.07) is 5.83. The minimum atomic E-state index is -1.08. The van der Waals surface area contributed by atoms with Gasteiger partial charge in [0.2, 0.25) is 11.9 Å². The molecule has 8 heteroatoms. The molecule has 0 saturated carbocycles. The number of nitrogen functional groups attached to an aromatic ring is 1. The molecule has 2 unspecified atom stereocenters. The van der Waals surface area contributed by atoms with E-state index in [1.807, 2.05) is 30.0 Å². The summed E-state index contributed by atoms with van der Waals surface area (Å²) >= 11 is 0. The maximum absolute atomic E-state index is 10.5. The first-order chi connectivity index (χ1) is 12.5. The summed E-state index contributed by atoms with van der Waals surface area (Å²) in [7, 11) is 0. The van der Waals surface area contributed by atoms with Crippen LogP contribution < -0.4 is 16.0 Å². The maximum Gasteiger partial charge on any atom is 0.236 e. The van der Waals surface area contributed by atoms with Crippen molar-refractivity contribution in [3.8, 4) is 11.8 Å². The summed E-state index contributed by atoms with van der Waals surface area (Å²) in [5.41, 5.74) is 7.28. The van der Waals surface area contributed by atoms with Gasteiger partial charge in [0.05, 0.1) is 18.0 Å². The number of benzene rings is 1. The third-order valence-electron chi connectivity index (χ3n) is 4.46. The molecule has 1 fully saturated rings. The number of nitrogens with one attached hydrogen (secondary N) is 1. The van der Waals surface area contributed by atoms with Crippen molar-refractivity contribution in [2.75, 3.05) is 29.2 Å². The van der Waals surface area contributed by atoms with Gasteiger partial charge in [0.25, 0.3) is 0 Å². The largest absolute Gasteiger partial charge is 0.377 e. The van der Waals surface area contributed by atoms with Crippen molar-refractivity contribution in [3.63, 3.8) is 0 Å². The topological polar surface area (TPSA) is 109 Å². The molecule has 8 nitrogen and oxygen atoms in total. The third kappa shape index (κ3) is 3.14. The van der Waals surface area contributed by atoms with Crippen LogP contribution in [0.4, 0.5) is 23.3 Å². The lowest BCUT2D eigenvalue weighted by Gasteiger charge is -2.26. The minimum Gasteiger partial charge on any atom is -0.377 e. The maximum atomic E-state index is 10.5. The Morgan fingerprint density at radius 2 is 2.31 bits per heavy atom. The van der Waals surface area contributed by atoms with E-state index in [1.165, 1.54) is 6.33 Å². The summed E-state index contributed by atoms with van der Waals surface area (Å²) in [4.78, 5) is 14.2.